The molecule has 0 heterocycles. The number of halogens is 4. The average Bonchev–Trinajstić information content (AvgIpc) is 1.28. The van der Waals surface area contributed by atoms with Crippen LogP contribution < -0.4 is 0 Å². The van der Waals surface area contributed by atoms with Gasteiger partial charge in [-0.2, -0.15) is 0 Å². The van der Waals surface area contributed by atoms with E-state index in [9.17, 15) is 34.1 Å². The molecule has 82 heavy (non-hydrogen) atoms. The van der Waals surface area contributed by atoms with Crippen molar-refractivity contribution in [1.29, 1.82) is 0 Å². The Labute approximate surface area is 501 Å². The number of hydrogen-bond donors (Lipinski definition) is 0. The van der Waals surface area contributed by atoms with Gasteiger partial charge < -0.3 is 0 Å². The molecule has 418 valence electrons. The topological polar surface area (TPSA) is 0 Å². The van der Waals surface area contributed by atoms with Crippen molar-refractivity contribution in [2.75, 3.05) is 0 Å². The second-order valence-corrected chi connectivity index (χ2v) is 131. The Morgan fingerprint density at radius 2 is 0.537 bits per heavy atom. The Balaban J connectivity index is 0.958. The van der Waals surface area contributed by atoms with Gasteiger partial charge in [-0.15, -0.1) is 0 Å². The van der Waals surface area contributed by atoms with Crippen molar-refractivity contribution in [2.45, 2.75) is 102 Å². The van der Waals surface area contributed by atoms with Crippen LogP contribution in [0.1, 0.15) is 126 Å². The summed E-state index contributed by atoms with van der Waals surface area (Å²) in [6.07, 6.45) is 13.9. The fraction of sp³-hybridized carbons (Fsp3) is 0.243. The van der Waals surface area contributed by atoms with Crippen LogP contribution in [0.15, 0.2) is 216 Å². The van der Waals surface area contributed by atoms with E-state index in [2.05, 4.69) is 260 Å². The number of rotatable bonds is 19. The molecule has 0 amide bonds. The van der Waals surface area contributed by atoms with E-state index in [-0.39, 0.29) is 14.5 Å². The van der Waals surface area contributed by atoms with Crippen LogP contribution in [0.5, 0.6) is 0 Å². The molecule has 0 bridgehead atoms. The summed E-state index contributed by atoms with van der Waals surface area (Å²) in [6.45, 7) is 12.0. The molecule has 0 radical (unpaired) electrons. The standard InChI is InChI=1S/4C16H13.C6H12.2C2H7Si.4ClH.2Zr/c4*1-12-10-14-8-5-9-15(16(14)11-12)13-6-3-2-4-7-13;1-3-5-6-4-2;2*1-2-3;;;;;;/h4*2-11H,1H3;1-6H2;2*2-3H2,1H3;4*1H;;/q;;;;;;;;;;;2*+2/p-4. The van der Waals surface area contributed by atoms with Crippen molar-refractivity contribution < 1.29 is 28.1 Å². The molecule has 0 N–H and O–H groups in total. The summed E-state index contributed by atoms with van der Waals surface area (Å²) in [5.41, 5.74) is 25.8. The monoisotopic (exact) mass is 1340 g/mol. The minimum atomic E-state index is -5.85. The van der Waals surface area contributed by atoms with Gasteiger partial charge in [-0.3, -0.25) is 0 Å². The van der Waals surface area contributed by atoms with Gasteiger partial charge in [0.15, 0.2) is 0 Å². The van der Waals surface area contributed by atoms with Crippen molar-refractivity contribution >= 4 is 71.6 Å². The van der Waals surface area contributed by atoms with Gasteiger partial charge in [0.2, 0.25) is 0 Å². The average molecular weight is 1350 g/mol. The zero-order chi connectivity index (χ0) is 57.2. The van der Waals surface area contributed by atoms with E-state index in [4.69, 9.17) is 0 Å². The molecule has 8 heteroatoms. The maximum absolute atomic E-state index is 9.60. The molecule has 8 aromatic carbocycles. The van der Waals surface area contributed by atoms with E-state index in [0.717, 1.165) is 46.0 Å². The fourth-order valence-corrected chi connectivity index (χ4v) is 135. The molecular formula is C74H78Cl4Si2Zr2. The predicted octanol–water partition coefficient (Wildman–Crippen LogP) is 22.8. The summed E-state index contributed by atoms with van der Waals surface area (Å²) in [5.74, 6) is 0. The van der Waals surface area contributed by atoms with Gasteiger partial charge in [-0.25, -0.2) is 0 Å². The zero-order valence-corrected chi connectivity index (χ0v) is 59.4. The molecular weight excluding hydrogens is 1270 g/mol. The van der Waals surface area contributed by atoms with E-state index in [1.54, 1.807) is 0 Å². The van der Waals surface area contributed by atoms with Crippen LogP contribution in [0, 0.1) is 0 Å². The van der Waals surface area contributed by atoms with Crippen LogP contribution in [-0.2, 0) is 28.1 Å². The van der Waals surface area contributed by atoms with Crippen LogP contribution in [0.3, 0.4) is 0 Å². The van der Waals surface area contributed by atoms with E-state index < -0.39 is 41.4 Å². The molecule has 0 saturated carbocycles. The van der Waals surface area contributed by atoms with Crippen LogP contribution in [-0.4, -0.2) is 13.3 Å². The van der Waals surface area contributed by atoms with Gasteiger partial charge in [0.1, 0.15) is 0 Å². The first-order valence-corrected chi connectivity index (χ1v) is 66.1. The zero-order valence-electron chi connectivity index (χ0n) is 48.7. The van der Waals surface area contributed by atoms with Crippen LogP contribution >= 0.6 is 34.1 Å². The summed E-state index contributed by atoms with van der Waals surface area (Å²) < 4.78 is 1.62. The SMILES string of the molecule is CC[SiH2][Zr]([Cl])([Cl])([CH2]CCCC[CH2][Zr]([Cl])([Cl])([SiH2]CC)([CH]1C(C)=Cc2c(-c3ccccc3)cccc21)[CH]1C(C)=Cc2c(-c3ccccc3)cccc21)([CH]1C(C)=Cc2c(-c3ccccc3)cccc21)[CH]1C(C)=Cc2c(-c3ccccc3)cccc21. The second kappa shape index (κ2) is 21.5. The van der Waals surface area contributed by atoms with Crippen molar-refractivity contribution in [3.05, 3.63) is 261 Å². The molecule has 0 saturated heterocycles. The Kier molecular flexibility index (Phi) is 15.3. The van der Waals surface area contributed by atoms with Gasteiger partial charge in [0, 0.05) is 0 Å². The third-order valence-corrected chi connectivity index (χ3v) is 125. The van der Waals surface area contributed by atoms with Crippen molar-refractivity contribution in [3.8, 4) is 44.5 Å². The van der Waals surface area contributed by atoms with E-state index in [1.807, 2.05) is 0 Å². The Morgan fingerprint density at radius 1 is 0.305 bits per heavy atom. The first kappa shape index (κ1) is 58.5. The molecule has 0 aromatic heterocycles. The number of hydrogen-bond acceptors (Lipinski definition) is 0. The van der Waals surface area contributed by atoms with Crippen LogP contribution in [0.2, 0.25) is 20.3 Å². The third kappa shape index (κ3) is 9.27. The minimum absolute atomic E-state index is 0.0262. The van der Waals surface area contributed by atoms with Gasteiger partial charge in [0.05, 0.1) is 0 Å². The van der Waals surface area contributed by atoms with Gasteiger partial charge in [0.25, 0.3) is 0 Å². The van der Waals surface area contributed by atoms with E-state index in [1.165, 1.54) is 111 Å². The molecule has 0 spiro atoms. The summed E-state index contributed by atoms with van der Waals surface area (Å²) in [7, 11) is 38.4. The molecule has 0 fully saturated rings. The molecule has 4 aliphatic rings. The maximum atomic E-state index is 9.60. The first-order chi connectivity index (χ1) is 39.4. The summed E-state index contributed by atoms with van der Waals surface area (Å²) in [6, 6.07) is 73.5. The number of allylic oxidation sites excluding steroid dienone is 4. The van der Waals surface area contributed by atoms with Crippen molar-refractivity contribution in [3.63, 3.8) is 0 Å². The van der Waals surface area contributed by atoms with Gasteiger partial charge >= 0.3 is 507 Å². The van der Waals surface area contributed by atoms with E-state index >= 15 is 0 Å². The summed E-state index contributed by atoms with van der Waals surface area (Å²) in [5, 5.41) is 0. The van der Waals surface area contributed by atoms with Crippen LogP contribution in [0.25, 0.3) is 68.8 Å². The van der Waals surface area contributed by atoms with Crippen molar-refractivity contribution in [1.82, 2.24) is 0 Å². The molecule has 0 nitrogen and oxygen atoms in total. The fourth-order valence-electron chi connectivity index (χ4n) is 18.5. The summed E-state index contributed by atoms with van der Waals surface area (Å²) >= 11 is -11.7. The molecule has 12 rings (SSSR count). The second-order valence-electron chi connectivity index (χ2n) is 25.9. The molecule has 4 aliphatic carbocycles. The van der Waals surface area contributed by atoms with Gasteiger partial charge in [-0.1, -0.05) is 0 Å². The Hall–Kier alpha value is -3.92. The summed E-state index contributed by atoms with van der Waals surface area (Å²) in [4.78, 5) is 0. The van der Waals surface area contributed by atoms with Crippen molar-refractivity contribution in [2.24, 2.45) is 0 Å². The third-order valence-electron chi connectivity index (χ3n) is 20.8. The number of benzene rings is 8. The quantitative estimate of drug-likeness (QED) is 0.0559. The normalized spacial score (nSPS) is 20.1. The first-order valence-electron chi connectivity index (χ1n) is 30.5. The Bertz CT molecular complexity index is 3470. The number of unbranched alkanes of at least 4 members (excludes halogenated alkanes) is 3. The van der Waals surface area contributed by atoms with E-state index in [0.29, 0.717) is 0 Å². The Morgan fingerprint density at radius 3 is 0.756 bits per heavy atom. The molecule has 0 aliphatic heterocycles. The molecule has 4 unspecified atom stereocenters. The van der Waals surface area contributed by atoms with Crippen LogP contribution in [0.4, 0.5) is 0 Å². The predicted molar refractivity (Wildman–Crippen MR) is 363 cm³/mol. The number of fused-ring (bicyclic) bond motifs is 4. The molecule has 4 atom stereocenters. The van der Waals surface area contributed by atoms with Gasteiger partial charge in [-0.05, 0) is 0 Å². The molecule has 8 aromatic rings.